The quantitative estimate of drug-likeness (QED) is 0.679. The molecule has 0 fully saturated rings. The molecule has 0 saturated heterocycles. The molecule has 128 valence electrons. The third-order valence-electron chi connectivity index (χ3n) is 3.79. The summed E-state index contributed by atoms with van der Waals surface area (Å²) in [6, 6.07) is 16.0. The SMILES string of the molecule is COC(=O)c1cc2cc(OC)ccc2n1C(=O)OCc1ccccc1. The number of nitrogens with zero attached hydrogens (tertiary/aromatic N) is 1. The van der Waals surface area contributed by atoms with Crippen LogP contribution >= 0.6 is 0 Å². The Balaban J connectivity index is 1.97. The van der Waals surface area contributed by atoms with Crippen molar-refractivity contribution in [2.24, 2.45) is 0 Å². The van der Waals surface area contributed by atoms with Crippen molar-refractivity contribution < 1.29 is 23.8 Å². The highest BCUT2D eigenvalue weighted by Crippen LogP contribution is 2.25. The van der Waals surface area contributed by atoms with Crippen LogP contribution in [0.2, 0.25) is 0 Å². The molecule has 0 radical (unpaired) electrons. The van der Waals surface area contributed by atoms with Gasteiger partial charge in [-0.2, -0.15) is 0 Å². The molecule has 25 heavy (non-hydrogen) atoms. The van der Waals surface area contributed by atoms with Crippen LogP contribution in [0.4, 0.5) is 4.79 Å². The van der Waals surface area contributed by atoms with E-state index in [0.29, 0.717) is 16.7 Å². The lowest BCUT2D eigenvalue weighted by Gasteiger charge is -2.09. The largest absolute Gasteiger partial charge is 0.497 e. The summed E-state index contributed by atoms with van der Waals surface area (Å²) < 4.78 is 16.5. The van der Waals surface area contributed by atoms with Gasteiger partial charge in [0, 0.05) is 5.39 Å². The van der Waals surface area contributed by atoms with E-state index < -0.39 is 12.1 Å². The van der Waals surface area contributed by atoms with E-state index in [-0.39, 0.29) is 12.3 Å². The maximum atomic E-state index is 12.6. The number of aromatic nitrogens is 1. The highest BCUT2D eigenvalue weighted by Gasteiger charge is 2.22. The lowest BCUT2D eigenvalue weighted by atomic mass is 10.2. The molecule has 0 saturated carbocycles. The standard InChI is InChI=1S/C19H17NO5/c1-23-15-8-9-16-14(10-15)11-17(18(21)24-2)20(16)19(22)25-12-13-6-4-3-5-7-13/h3-11H,12H2,1-2H3. The first-order valence-corrected chi connectivity index (χ1v) is 7.63. The summed E-state index contributed by atoms with van der Waals surface area (Å²) in [5.41, 5.74) is 1.50. The number of hydrogen-bond donors (Lipinski definition) is 0. The van der Waals surface area contributed by atoms with Crippen molar-refractivity contribution in [1.29, 1.82) is 0 Å². The van der Waals surface area contributed by atoms with E-state index in [1.54, 1.807) is 31.4 Å². The Kier molecular flexibility index (Phi) is 4.70. The van der Waals surface area contributed by atoms with Crippen molar-refractivity contribution in [2.75, 3.05) is 14.2 Å². The zero-order valence-electron chi connectivity index (χ0n) is 13.9. The molecule has 6 heteroatoms. The average Bonchev–Trinajstić information content (AvgIpc) is 3.04. The third-order valence-corrected chi connectivity index (χ3v) is 3.79. The van der Waals surface area contributed by atoms with Crippen LogP contribution in [0.15, 0.2) is 54.6 Å². The molecule has 0 atom stereocenters. The van der Waals surface area contributed by atoms with Crippen LogP contribution in [-0.2, 0) is 16.1 Å². The van der Waals surface area contributed by atoms with Gasteiger partial charge in [0.25, 0.3) is 0 Å². The average molecular weight is 339 g/mol. The second-order valence-corrected chi connectivity index (χ2v) is 5.32. The summed E-state index contributed by atoms with van der Waals surface area (Å²) >= 11 is 0. The number of fused-ring (bicyclic) bond motifs is 1. The summed E-state index contributed by atoms with van der Waals surface area (Å²) in [7, 11) is 2.81. The topological polar surface area (TPSA) is 66.8 Å². The zero-order valence-corrected chi connectivity index (χ0v) is 13.9. The van der Waals surface area contributed by atoms with Crippen LogP contribution in [0.3, 0.4) is 0 Å². The molecule has 0 aliphatic heterocycles. The summed E-state index contributed by atoms with van der Waals surface area (Å²) in [4.78, 5) is 24.6. The molecule has 3 rings (SSSR count). The van der Waals surface area contributed by atoms with Gasteiger partial charge in [-0.05, 0) is 29.8 Å². The number of ether oxygens (including phenoxy) is 3. The smallest absolute Gasteiger partial charge is 0.419 e. The van der Waals surface area contributed by atoms with E-state index >= 15 is 0 Å². The lowest BCUT2D eigenvalue weighted by molar-refractivity contribution is 0.0585. The first kappa shape index (κ1) is 16.6. The number of hydrogen-bond acceptors (Lipinski definition) is 5. The second-order valence-electron chi connectivity index (χ2n) is 5.32. The van der Waals surface area contributed by atoms with Gasteiger partial charge in [-0.25, -0.2) is 14.2 Å². The minimum absolute atomic E-state index is 0.101. The van der Waals surface area contributed by atoms with Gasteiger partial charge in [0.2, 0.25) is 0 Å². The molecular formula is C19H17NO5. The van der Waals surface area contributed by atoms with Gasteiger partial charge in [0.05, 0.1) is 19.7 Å². The van der Waals surface area contributed by atoms with E-state index in [9.17, 15) is 9.59 Å². The maximum absolute atomic E-state index is 12.6. The van der Waals surface area contributed by atoms with Gasteiger partial charge in [-0.15, -0.1) is 0 Å². The predicted octanol–water partition coefficient (Wildman–Crippen LogP) is 3.62. The fourth-order valence-electron chi connectivity index (χ4n) is 2.56. The third kappa shape index (κ3) is 3.33. The molecule has 0 aliphatic rings. The zero-order chi connectivity index (χ0) is 17.8. The van der Waals surface area contributed by atoms with Gasteiger partial charge >= 0.3 is 12.1 Å². The Morgan fingerprint density at radius 1 is 1.00 bits per heavy atom. The summed E-state index contributed by atoms with van der Waals surface area (Å²) in [5, 5.41) is 0.677. The van der Waals surface area contributed by atoms with Gasteiger partial charge < -0.3 is 14.2 Å². The number of methoxy groups -OCH3 is 2. The number of carbonyl (C=O) groups is 2. The molecule has 6 nitrogen and oxygen atoms in total. The van der Waals surface area contributed by atoms with E-state index in [1.165, 1.54) is 11.7 Å². The molecule has 0 N–H and O–H groups in total. The Hall–Kier alpha value is -3.28. The Bertz CT molecular complexity index is 914. The first-order chi connectivity index (χ1) is 12.1. The molecule has 2 aromatic carbocycles. The highest BCUT2D eigenvalue weighted by molar-refractivity contribution is 6.01. The summed E-state index contributed by atoms with van der Waals surface area (Å²) in [5.74, 6) is 0.00514. The number of carbonyl (C=O) groups excluding carboxylic acids is 2. The van der Waals surface area contributed by atoms with E-state index in [1.807, 2.05) is 30.3 Å². The van der Waals surface area contributed by atoms with Crippen molar-refractivity contribution >= 4 is 23.0 Å². The fourth-order valence-corrected chi connectivity index (χ4v) is 2.56. The van der Waals surface area contributed by atoms with Gasteiger partial charge in [-0.3, -0.25) is 0 Å². The molecule has 0 aliphatic carbocycles. The van der Waals surface area contributed by atoms with Gasteiger partial charge in [-0.1, -0.05) is 30.3 Å². The van der Waals surface area contributed by atoms with Crippen molar-refractivity contribution in [2.45, 2.75) is 6.61 Å². The van der Waals surface area contributed by atoms with Crippen LogP contribution in [0, 0.1) is 0 Å². The molecule has 0 unspecified atom stereocenters. The molecule has 1 heterocycles. The van der Waals surface area contributed by atoms with Crippen LogP contribution in [-0.4, -0.2) is 30.8 Å². The van der Waals surface area contributed by atoms with Crippen LogP contribution < -0.4 is 4.74 Å². The Morgan fingerprint density at radius 2 is 1.76 bits per heavy atom. The maximum Gasteiger partial charge on any atom is 0.419 e. The molecule has 1 aromatic heterocycles. The van der Waals surface area contributed by atoms with Crippen molar-refractivity contribution in [3.05, 3.63) is 65.9 Å². The van der Waals surface area contributed by atoms with Gasteiger partial charge in [0.1, 0.15) is 18.1 Å². The summed E-state index contributed by atoms with van der Waals surface area (Å²) in [6.07, 6.45) is -0.649. The van der Waals surface area contributed by atoms with Gasteiger partial charge in [0.15, 0.2) is 0 Å². The van der Waals surface area contributed by atoms with Crippen molar-refractivity contribution in [1.82, 2.24) is 4.57 Å². The number of rotatable bonds is 4. The number of esters is 1. The lowest BCUT2D eigenvalue weighted by Crippen LogP contribution is -2.19. The second kappa shape index (κ2) is 7.09. The van der Waals surface area contributed by atoms with Crippen molar-refractivity contribution in [3.8, 4) is 5.75 Å². The highest BCUT2D eigenvalue weighted by atomic mass is 16.6. The van der Waals surface area contributed by atoms with Crippen molar-refractivity contribution in [3.63, 3.8) is 0 Å². The molecular weight excluding hydrogens is 322 g/mol. The Labute approximate surface area is 144 Å². The molecule has 3 aromatic rings. The molecule has 0 bridgehead atoms. The minimum atomic E-state index is -0.649. The van der Waals surface area contributed by atoms with Crippen LogP contribution in [0.5, 0.6) is 5.75 Å². The minimum Gasteiger partial charge on any atom is -0.497 e. The first-order valence-electron chi connectivity index (χ1n) is 7.63. The number of benzene rings is 2. The Morgan fingerprint density at radius 3 is 2.44 bits per heavy atom. The molecule has 0 spiro atoms. The van der Waals surface area contributed by atoms with Crippen LogP contribution in [0.25, 0.3) is 10.9 Å². The predicted molar refractivity (Wildman–Crippen MR) is 91.9 cm³/mol. The van der Waals surface area contributed by atoms with E-state index in [4.69, 9.17) is 14.2 Å². The monoisotopic (exact) mass is 339 g/mol. The van der Waals surface area contributed by atoms with Crippen LogP contribution in [0.1, 0.15) is 16.1 Å². The van der Waals surface area contributed by atoms with E-state index in [0.717, 1.165) is 5.56 Å². The summed E-state index contributed by atoms with van der Waals surface area (Å²) in [6.45, 7) is 0.107. The normalized spacial score (nSPS) is 10.5. The fraction of sp³-hybridized carbons (Fsp3) is 0.158. The van der Waals surface area contributed by atoms with E-state index in [2.05, 4.69) is 0 Å². The molecule has 0 amide bonds.